The van der Waals surface area contributed by atoms with E-state index >= 15 is 0 Å². The van der Waals surface area contributed by atoms with Gasteiger partial charge in [-0.25, -0.2) is 4.98 Å². The van der Waals surface area contributed by atoms with Crippen LogP contribution in [0.25, 0.3) is 0 Å². The summed E-state index contributed by atoms with van der Waals surface area (Å²) in [5, 5.41) is 0. The number of carbonyl (C=O) groups is 1. The molecule has 1 aromatic carbocycles. The Morgan fingerprint density at radius 3 is 2.70 bits per heavy atom. The van der Waals surface area contributed by atoms with Crippen LogP contribution < -0.4 is 4.74 Å². The van der Waals surface area contributed by atoms with Crippen LogP contribution in [0.3, 0.4) is 0 Å². The predicted molar refractivity (Wildman–Crippen MR) is 103 cm³/mol. The average molecular weight is 365 g/mol. The number of aromatic nitrogens is 2. The average Bonchev–Trinajstić information content (AvgIpc) is 3.31. The smallest absolute Gasteiger partial charge is 0.263 e. The third-order valence-corrected chi connectivity index (χ3v) is 6.52. The summed E-state index contributed by atoms with van der Waals surface area (Å²) in [5.74, 6) is 3.52. The molecule has 1 saturated heterocycles. The Morgan fingerprint density at radius 2 is 1.96 bits per heavy atom. The summed E-state index contributed by atoms with van der Waals surface area (Å²) in [4.78, 5) is 19.6. The van der Waals surface area contributed by atoms with E-state index in [0.717, 1.165) is 49.7 Å². The van der Waals surface area contributed by atoms with Crippen molar-refractivity contribution in [2.24, 2.45) is 5.92 Å². The van der Waals surface area contributed by atoms with Gasteiger partial charge < -0.3 is 14.2 Å². The standard InChI is InChI=1S/C22H27N3O2/c26-22(20-14-18-6-1-2-7-19(18)27-20)24-11-8-17(9-12-24)21-23-10-13-25(21)15-16-4-3-5-16/h1-2,6-7,10,13,16-17,20H,3-5,8-9,11-12,14-15H2. The zero-order valence-electron chi connectivity index (χ0n) is 15.7. The molecule has 1 aliphatic carbocycles. The molecule has 5 heteroatoms. The van der Waals surface area contributed by atoms with E-state index in [4.69, 9.17) is 4.74 Å². The minimum absolute atomic E-state index is 0.141. The van der Waals surface area contributed by atoms with Crippen molar-refractivity contribution in [2.75, 3.05) is 13.1 Å². The lowest BCUT2D eigenvalue weighted by molar-refractivity contribution is -0.139. The summed E-state index contributed by atoms with van der Waals surface area (Å²) in [7, 11) is 0. The van der Waals surface area contributed by atoms with Gasteiger partial charge >= 0.3 is 0 Å². The van der Waals surface area contributed by atoms with Crippen molar-refractivity contribution in [1.82, 2.24) is 14.5 Å². The number of ether oxygens (including phenoxy) is 1. The summed E-state index contributed by atoms with van der Waals surface area (Å²) < 4.78 is 8.26. The first-order valence-electron chi connectivity index (χ1n) is 10.3. The minimum atomic E-state index is -0.348. The molecule has 0 N–H and O–H groups in total. The van der Waals surface area contributed by atoms with Crippen molar-refractivity contribution in [2.45, 2.75) is 57.1 Å². The number of amides is 1. The fourth-order valence-corrected chi connectivity index (χ4v) is 4.67. The number of para-hydroxylation sites is 1. The van der Waals surface area contributed by atoms with Crippen LogP contribution in [0.1, 0.15) is 49.4 Å². The molecule has 1 aromatic heterocycles. The third kappa shape index (κ3) is 3.24. The summed E-state index contributed by atoms with van der Waals surface area (Å²) in [6, 6.07) is 7.97. The van der Waals surface area contributed by atoms with Gasteiger partial charge in [0.2, 0.25) is 0 Å². The van der Waals surface area contributed by atoms with Crippen LogP contribution in [-0.2, 0) is 17.8 Å². The van der Waals surface area contributed by atoms with Crippen LogP contribution in [0.15, 0.2) is 36.7 Å². The molecule has 3 heterocycles. The normalized spacial score (nSPS) is 23.0. The Balaban J connectivity index is 1.19. The van der Waals surface area contributed by atoms with E-state index in [1.165, 1.54) is 25.1 Å². The molecule has 0 radical (unpaired) electrons. The van der Waals surface area contributed by atoms with E-state index in [0.29, 0.717) is 12.3 Å². The minimum Gasteiger partial charge on any atom is -0.480 e. The van der Waals surface area contributed by atoms with E-state index < -0.39 is 0 Å². The van der Waals surface area contributed by atoms with Crippen LogP contribution in [0.2, 0.25) is 0 Å². The van der Waals surface area contributed by atoms with Crippen molar-refractivity contribution in [3.05, 3.63) is 48.0 Å². The van der Waals surface area contributed by atoms with Crippen LogP contribution in [-0.4, -0.2) is 39.6 Å². The van der Waals surface area contributed by atoms with Gasteiger partial charge in [-0.1, -0.05) is 24.6 Å². The molecule has 142 valence electrons. The maximum Gasteiger partial charge on any atom is 0.263 e. The van der Waals surface area contributed by atoms with Gasteiger partial charge in [-0.05, 0) is 43.2 Å². The summed E-state index contributed by atoms with van der Waals surface area (Å²) in [6.07, 6.45) is 10.5. The van der Waals surface area contributed by atoms with Gasteiger partial charge in [-0.3, -0.25) is 4.79 Å². The van der Waals surface area contributed by atoms with Crippen molar-refractivity contribution in [1.29, 1.82) is 0 Å². The summed E-state index contributed by atoms with van der Waals surface area (Å²) in [5.41, 5.74) is 1.14. The van der Waals surface area contributed by atoms with Gasteiger partial charge in [0.1, 0.15) is 11.6 Å². The number of nitrogens with zero attached hydrogens (tertiary/aromatic N) is 3. The second-order valence-corrected chi connectivity index (χ2v) is 8.25. The molecular weight excluding hydrogens is 338 g/mol. The molecule has 5 nitrogen and oxygen atoms in total. The molecule has 0 spiro atoms. The van der Waals surface area contributed by atoms with E-state index in [1.807, 2.05) is 29.3 Å². The Labute approximate surface area is 160 Å². The number of fused-ring (bicyclic) bond motifs is 1. The Kier molecular flexibility index (Phi) is 4.38. The van der Waals surface area contributed by atoms with Crippen molar-refractivity contribution < 1.29 is 9.53 Å². The lowest BCUT2D eigenvalue weighted by Crippen LogP contribution is -2.45. The molecule has 1 atom stereocenters. The van der Waals surface area contributed by atoms with Crippen LogP contribution in [0.4, 0.5) is 0 Å². The van der Waals surface area contributed by atoms with Crippen LogP contribution >= 0.6 is 0 Å². The SMILES string of the molecule is O=C(C1Cc2ccccc2O1)N1CCC(c2nccn2CC2CCC2)CC1. The fourth-order valence-electron chi connectivity index (χ4n) is 4.67. The Hall–Kier alpha value is -2.30. The third-order valence-electron chi connectivity index (χ3n) is 6.52. The molecule has 2 aliphatic heterocycles. The van der Waals surface area contributed by atoms with Gasteiger partial charge in [0, 0.05) is 44.4 Å². The summed E-state index contributed by atoms with van der Waals surface area (Å²) >= 11 is 0. The highest BCUT2D eigenvalue weighted by Crippen LogP contribution is 2.33. The van der Waals surface area contributed by atoms with Gasteiger partial charge in [0.05, 0.1) is 0 Å². The zero-order valence-corrected chi connectivity index (χ0v) is 15.7. The number of benzene rings is 1. The number of hydrogen-bond donors (Lipinski definition) is 0. The topological polar surface area (TPSA) is 47.4 Å². The molecule has 3 aliphatic rings. The van der Waals surface area contributed by atoms with Crippen LogP contribution in [0.5, 0.6) is 5.75 Å². The van der Waals surface area contributed by atoms with Gasteiger partial charge in [0.25, 0.3) is 5.91 Å². The highest BCUT2D eigenvalue weighted by Gasteiger charge is 2.35. The second-order valence-electron chi connectivity index (χ2n) is 8.25. The zero-order chi connectivity index (χ0) is 18.2. The highest BCUT2D eigenvalue weighted by molar-refractivity contribution is 5.82. The number of likely N-dealkylation sites (tertiary alicyclic amines) is 1. The highest BCUT2D eigenvalue weighted by atomic mass is 16.5. The number of carbonyl (C=O) groups excluding carboxylic acids is 1. The molecule has 0 bridgehead atoms. The molecule has 5 rings (SSSR count). The van der Waals surface area contributed by atoms with E-state index in [9.17, 15) is 4.79 Å². The van der Waals surface area contributed by atoms with Crippen molar-refractivity contribution in [3.8, 4) is 5.75 Å². The van der Waals surface area contributed by atoms with Gasteiger partial charge in [0.15, 0.2) is 6.10 Å². The van der Waals surface area contributed by atoms with E-state index in [2.05, 4.69) is 21.8 Å². The quantitative estimate of drug-likeness (QED) is 0.834. The van der Waals surface area contributed by atoms with Gasteiger partial charge in [-0.2, -0.15) is 0 Å². The molecule has 2 fully saturated rings. The first-order chi connectivity index (χ1) is 13.3. The molecule has 1 saturated carbocycles. The largest absolute Gasteiger partial charge is 0.480 e. The molecule has 1 amide bonds. The number of hydrogen-bond acceptors (Lipinski definition) is 3. The van der Waals surface area contributed by atoms with Crippen molar-refractivity contribution >= 4 is 5.91 Å². The van der Waals surface area contributed by atoms with Gasteiger partial charge in [-0.15, -0.1) is 0 Å². The van der Waals surface area contributed by atoms with Crippen molar-refractivity contribution in [3.63, 3.8) is 0 Å². The Bertz CT molecular complexity index is 793. The fraction of sp³-hybridized carbons (Fsp3) is 0.545. The molecule has 27 heavy (non-hydrogen) atoms. The maximum absolute atomic E-state index is 12.9. The Morgan fingerprint density at radius 1 is 1.15 bits per heavy atom. The lowest BCUT2D eigenvalue weighted by atomic mass is 9.85. The number of imidazole rings is 1. The maximum atomic E-state index is 12.9. The van der Waals surface area contributed by atoms with E-state index in [-0.39, 0.29) is 12.0 Å². The summed E-state index contributed by atoms with van der Waals surface area (Å²) in [6.45, 7) is 2.72. The van der Waals surface area contributed by atoms with E-state index in [1.54, 1.807) is 0 Å². The molecule has 2 aromatic rings. The molecule has 1 unspecified atom stereocenters. The lowest BCUT2D eigenvalue weighted by Gasteiger charge is -2.34. The second kappa shape index (κ2) is 7.02. The number of piperidine rings is 1. The molecular formula is C22H27N3O2. The van der Waals surface area contributed by atoms with Crippen LogP contribution in [0, 0.1) is 5.92 Å². The predicted octanol–water partition coefficient (Wildman–Crippen LogP) is 3.39. The first kappa shape index (κ1) is 16.8. The monoisotopic (exact) mass is 365 g/mol. The number of rotatable bonds is 4. The first-order valence-corrected chi connectivity index (χ1v) is 10.3.